The lowest BCUT2D eigenvalue weighted by Crippen LogP contribution is -2.44. The molecule has 150 valence electrons. The van der Waals surface area contributed by atoms with E-state index in [-0.39, 0.29) is 6.09 Å². The average molecular weight is 375 g/mol. The Kier molecular flexibility index (Phi) is 6.64. The van der Waals surface area contributed by atoms with Gasteiger partial charge in [-0.2, -0.15) is 0 Å². The molecule has 2 aliphatic heterocycles. The van der Waals surface area contributed by atoms with E-state index in [1.807, 2.05) is 25.7 Å². The van der Waals surface area contributed by atoms with Gasteiger partial charge >= 0.3 is 6.09 Å². The van der Waals surface area contributed by atoms with E-state index in [0.29, 0.717) is 25.0 Å². The van der Waals surface area contributed by atoms with Crippen molar-refractivity contribution in [3.8, 4) is 5.75 Å². The smallest absolute Gasteiger partial charge is 0.410 e. The summed E-state index contributed by atoms with van der Waals surface area (Å²) in [5.41, 5.74) is 0.967. The van der Waals surface area contributed by atoms with Crippen molar-refractivity contribution in [2.75, 3.05) is 32.8 Å². The Morgan fingerprint density at radius 2 is 1.85 bits per heavy atom. The van der Waals surface area contributed by atoms with Gasteiger partial charge in [-0.1, -0.05) is 12.1 Å². The number of carbonyl (C=O) groups excluding carboxylic acids is 1. The molecule has 1 atom stereocenters. The second-order valence-electron chi connectivity index (χ2n) is 8.84. The molecule has 0 spiro atoms. The third kappa shape index (κ3) is 6.13. The highest BCUT2D eigenvalue weighted by atomic mass is 16.6. The van der Waals surface area contributed by atoms with Crippen LogP contribution in [0.2, 0.25) is 0 Å². The molecule has 0 aromatic heterocycles. The van der Waals surface area contributed by atoms with Gasteiger partial charge < -0.3 is 19.7 Å². The zero-order valence-corrected chi connectivity index (χ0v) is 17.0. The standard InChI is InChI=1S/C22H34N2O3/c1-22(2,3)27-21(25)24-14-4-5-17(15-24)16-26-20-8-6-18(7-9-20)19-10-12-23-13-11-19/h6-9,17,19,23H,4-5,10-16H2,1-3H3. The summed E-state index contributed by atoms with van der Waals surface area (Å²) in [5.74, 6) is 1.94. The number of ether oxygens (including phenoxy) is 2. The topological polar surface area (TPSA) is 50.8 Å². The van der Waals surface area contributed by atoms with Gasteiger partial charge in [0.25, 0.3) is 0 Å². The molecule has 2 fully saturated rings. The Morgan fingerprint density at radius 1 is 1.15 bits per heavy atom. The first-order chi connectivity index (χ1) is 12.9. The molecule has 5 nitrogen and oxygen atoms in total. The van der Waals surface area contributed by atoms with Gasteiger partial charge in [0, 0.05) is 19.0 Å². The van der Waals surface area contributed by atoms with E-state index in [9.17, 15) is 4.79 Å². The molecule has 0 aliphatic carbocycles. The molecule has 1 amide bonds. The molecule has 0 saturated carbocycles. The van der Waals surface area contributed by atoms with E-state index < -0.39 is 5.60 Å². The lowest BCUT2D eigenvalue weighted by atomic mass is 9.90. The van der Waals surface area contributed by atoms with Crippen molar-refractivity contribution in [1.82, 2.24) is 10.2 Å². The van der Waals surface area contributed by atoms with Gasteiger partial charge in [-0.25, -0.2) is 4.79 Å². The van der Waals surface area contributed by atoms with Crippen LogP contribution in [-0.2, 0) is 4.74 Å². The van der Waals surface area contributed by atoms with Crippen LogP contribution in [0.5, 0.6) is 5.75 Å². The van der Waals surface area contributed by atoms with Crippen molar-refractivity contribution < 1.29 is 14.3 Å². The molecule has 5 heteroatoms. The summed E-state index contributed by atoms with van der Waals surface area (Å²) < 4.78 is 11.5. The van der Waals surface area contributed by atoms with Crippen LogP contribution in [0.4, 0.5) is 4.79 Å². The van der Waals surface area contributed by atoms with Crippen LogP contribution >= 0.6 is 0 Å². The Labute approximate surface area is 163 Å². The summed E-state index contributed by atoms with van der Waals surface area (Å²) in [7, 11) is 0. The van der Waals surface area contributed by atoms with Gasteiger partial charge in [0.2, 0.25) is 0 Å². The predicted molar refractivity (Wildman–Crippen MR) is 107 cm³/mol. The summed E-state index contributed by atoms with van der Waals surface area (Å²) in [6, 6.07) is 8.59. The summed E-state index contributed by atoms with van der Waals surface area (Å²) in [5, 5.41) is 3.41. The SMILES string of the molecule is CC(C)(C)OC(=O)N1CCCC(COc2ccc(C3CCNCC3)cc2)C1. The second kappa shape index (κ2) is 8.96. The Morgan fingerprint density at radius 3 is 2.52 bits per heavy atom. The number of rotatable bonds is 4. The summed E-state index contributed by atoms with van der Waals surface area (Å²) in [6.45, 7) is 10.1. The van der Waals surface area contributed by atoms with Crippen molar-refractivity contribution >= 4 is 6.09 Å². The Balaban J connectivity index is 1.47. The van der Waals surface area contributed by atoms with Crippen LogP contribution in [0.25, 0.3) is 0 Å². The zero-order chi connectivity index (χ0) is 19.3. The monoisotopic (exact) mass is 374 g/mol. The number of hydrogen-bond donors (Lipinski definition) is 1. The average Bonchev–Trinajstić information content (AvgIpc) is 2.66. The van der Waals surface area contributed by atoms with Gasteiger partial charge in [-0.05, 0) is 83.2 Å². The number of piperidine rings is 2. The molecule has 2 aliphatic rings. The number of nitrogens with one attached hydrogen (secondary N) is 1. The highest BCUT2D eigenvalue weighted by Gasteiger charge is 2.28. The maximum atomic E-state index is 12.3. The van der Waals surface area contributed by atoms with Crippen molar-refractivity contribution in [3.05, 3.63) is 29.8 Å². The first-order valence-corrected chi connectivity index (χ1v) is 10.3. The van der Waals surface area contributed by atoms with Crippen LogP contribution in [-0.4, -0.2) is 49.4 Å². The molecule has 27 heavy (non-hydrogen) atoms. The van der Waals surface area contributed by atoms with Crippen LogP contribution < -0.4 is 10.1 Å². The largest absolute Gasteiger partial charge is 0.493 e. The van der Waals surface area contributed by atoms with Crippen molar-refractivity contribution in [3.63, 3.8) is 0 Å². The van der Waals surface area contributed by atoms with E-state index in [4.69, 9.17) is 9.47 Å². The highest BCUT2D eigenvalue weighted by Crippen LogP contribution is 2.27. The van der Waals surface area contributed by atoms with Crippen LogP contribution in [0.3, 0.4) is 0 Å². The van der Waals surface area contributed by atoms with Crippen molar-refractivity contribution in [1.29, 1.82) is 0 Å². The first-order valence-electron chi connectivity index (χ1n) is 10.3. The van der Waals surface area contributed by atoms with Gasteiger partial charge in [0.1, 0.15) is 11.4 Å². The molecule has 1 aromatic carbocycles. The van der Waals surface area contributed by atoms with Gasteiger partial charge in [-0.3, -0.25) is 0 Å². The minimum absolute atomic E-state index is 0.210. The number of likely N-dealkylation sites (tertiary alicyclic amines) is 1. The summed E-state index contributed by atoms with van der Waals surface area (Å²) in [4.78, 5) is 14.1. The van der Waals surface area contributed by atoms with Gasteiger partial charge in [-0.15, -0.1) is 0 Å². The summed E-state index contributed by atoms with van der Waals surface area (Å²) in [6.07, 6.45) is 4.30. The predicted octanol–water partition coefficient (Wildman–Crippen LogP) is 4.18. The molecule has 1 unspecified atom stereocenters. The third-order valence-electron chi connectivity index (χ3n) is 5.35. The molecular weight excluding hydrogens is 340 g/mol. The maximum Gasteiger partial charge on any atom is 0.410 e. The number of nitrogens with zero attached hydrogens (tertiary/aromatic N) is 1. The molecule has 2 saturated heterocycles. The lowest BCUT2D eigenvalue weighted by Gasteiger charge is -2.34. The fourth-order valence-corrected chi connectivity index (χ4v) is 3.90. The number of amides is 1. The second-order valence-corrected chi connectivity index (χ2v) is 8.84. The Hall–Kier alpha value is -1.75. The van der Waals surface area contributed by atoms with Crippen LogP contribution in [0, 0.1) is 5.92 Å². The molecule has 1 N–H and O–H groups in total. The van der Waals surface area contributed by atoms with E-state index >= 15 is 0 Å². The molecule has 0 bridgehead atoms. The quantitative estimate of drug-likeness (QED) is 0.859. The summed E-state index contributed by atoms with van der Waals surface area (Å²) >= 11 is 0. The van der Waals surface area contributed by atoms with E-state index in [1.54, 1.807) is 0 Å². The van der Waals surface area contributed by atoms with E-state index in [2.05, 4.69) is 29.6 Å². The van der Waals surface area contributed by atoms with Crippen LogP contribution in [0.1, 0.15) is 57.9 Å². The van der Waals surface area contributed by atoms with E-state index in [1.165, 1.54) is 18.4 Å². The van der Waals surface area contributed by atoms with Crippen molar-refractivity contribution in [2.24, 2.45) is 5.92 Å². The molecule has 2 heterocycles. The highest BCUT2D eigenvalue weighted by molar-refractivity contribution is 5.68. The van der Waals surface area contributed by atoms with Gasteiger partial charge in [0.05, 0.1) is 6.61 Å². The molecule has 1 aromatic rings. The molecular formula is C22H34N2O3. The van der Waals surface area contributed by atoms with E-state index in [0.717, 1.165) is 38.2 Å². The molecule has 0 radical (unpaired) electrons. The fraction of sp³-hybridized carbons (Fsp3) is 0.682. The number of hydrogen-bond acceptors (Lipinski definition) is 4. The molecule has 3 rings (SSSR count). The van der Waals surface area contributed by atoms with Crippen LogP contribution in [0.15, 0.2) is 24.3 Å². The fourth-order valence-electron chi connectivity index (χ4n) is 3.90. The minimum Gasteiger partial charge on any atom is -0.493 e. The lowest BCUT2D eigenvalue weighted by molar-refractivity contribution is 0.0139. The van der Waals surface area contributed by atoms with Gasteiger partial charge in [0.15, 0.2) is 0 Å². The third-order valence-corrected chi connectivity index (χ3v) is 5.35. The zero-order valence-electron chi connectivity index (χ0n) is 17.0. The first kappa shape index (κ1) is 20.0. The number of carbonyl (C=O) groups is 1. The maximum absolute atomic E-state index is 12.3. The minimum atomic E-state index is -0.448. The normalized spacial score (nSPS) is 21.7. The number of benzene rings is 1. The van der Waals surface area contributed by atoms with Crippen molar-refractivity contribution in [2.45, 2.75) is 58.0 Å². The Bertz CT molecular complexity index is 603.